The molecule has 0 aliphatic heterocycles. The Morgan fingerprint density at radius 3 is 2.91 bits per heavy atom. The van der Waals surface area contributed by atoms with Crippen LogP contribution in [0.1, 0.15) is 56.4 Å². The van der Waals surface area contributed by atoms with Crippen LogP contribution in [0.15, 0.2) is 6.20 Å². The van der Waals surface area contributed by atoms with Gasteiger partial charge in [0.2, 0.25) is 5.91 Å². The van der Waals surface area contributed by atoms with E-state index >= 15 is 0 Å². The van der Waals surface area contributed by atoms with Crippen LogP contribution in [-0.4, -0.2) is 16.9 Å². The van der Waals surface area contributed by atoms with Crippen LogP contribution in [0.5, 0.6) is 0 Å². The lowest BCUT2D eigenvalue weighted by Crippen LogP contribution is -2.44. The Hall–Kier alpha value is -1.61. The Morgan fingerprint density at radius 2 is 2.18 bits per heavy atom. The van der Waals surface area contributed by atoms with Crippen LogP contribution >= 0.6 is 11.3 Å². The number of rotatable bonds is 4. The van der Waals surface area contributed by atoms with E-state index in [1.54, 1.807) is 17.5 Å². The van der Waals surface area contributed by atoms with Crippen molar-refractivity contribution in [1.82, 2.24) is 10.3 Å². The van der Waals surface area contributed by atoms with E-state index in [2.05, 4.69) is 22.5 Å². The van der Waals surface area contributed by atoms with E-state index in [1.807, 2.05) is 6.19 Å². The quantitative estimate of drug-likeness (QED) is 0.660. The predicted molar refractivity (Wildman–Crippen MR) is 86.4 cm³/mol. The number of carbonyl (C=O) groups excluding carboxylic acids is 1. The molecule has 22 heavy (non-hydrogen) atoms. The van der Waals surface area contributed by atoms with Gasteiger partial charge in [-0.15, -0.1) is 11.3 Å². The Kier molecular flexibility index (Phi) is 4.63. The van der Waals surface area contributed by atoms with Crippen molar-refractivity contribution in [2.45, 2.75) is 57.4 Å². The molecule has 0 unspecified atom stereocenters. The van der Waals surface area contributed by atoms with Gasteiger partial charge in [0.15, 0.2) is 6.19 Å². The average molecular weight is 318 g/mol. The van der Waals surface area contributed by atoms with Crippen molar-refractivity contribution < 1.29 is 4.79 Å². The number of nitriles is 1. The molecule has 1 aromatic heterocycles. The normalized spacial score (nSPS) is 30.9. The van der Waals surface area contributed by atoms with Crippen LogP contribution in [0.2, 0.25) is 0 Å². The molecule has 2 N–H and O–H groups in total. The molecular formula is C16H22N4OS. The summed E-state index contributed by atoms with van der Waals surface area (Å²) in [5, 5.41) is 16.2. The molecule has 5 nitrogen and oxygen atoms in total. The predicted octanol–water partition coefficient (Wildman–Crippen LogP) is 3.22. The van der Waals surface area contributed by atoms with Gasteiger partial charge in [-0.2, -0.15) is 5.26 Å². The molecule has 1 amide bonds. The number of aromatic nitrogens is 1. The second-order valence-corrected chi connectivity index (χ2v) is 7.60. The van der Waals surface area contributed by atoms with Crippen molar-refractivity contribution in [3.8, 4) is 6.19 Å². The zero-order valence-electron chi connectivity index (χ0n) is 12.8. The largest absolute Gasteiger partial charge is 0.321 e. The van der Waals surface area contributed by atoms with Crippen LogP contribution in [-0.2, 0) is 4.79 Å². The third kappa shape index (κ3) is 3.25. The van der Waals surface area contributed by atoms with Gasteiger partial charge in [-0.05, 0) is 25.2 Å². The molecule has 118 valence electrons. The van der Waals surface area contributed by atoms with Crippen LogP contribution in [0.25, 0.3) is 0 Å². The number of nitrogens with zero attached hydrogens (tertiary/aromatic N) is 2. The summed E-state index contributed by atoms with van der Waals surface area (Å²) in [5.41, 5.74) is 0. The first-order valence-corrected chi connectivity index (χ1v) is 8.90. The zero-order valence-corrected chi connectivity index (χ0v) is 13.7. The van der Waals surface area contributed by atoms with Crippen molar-refractivity contribution in [3.63, 3.8) is 0 Å². The maximum Gasteiger partial charge on any atom is 0.228 e. The summed E-state index contributed by atoms with van der Waals surface area (Å²) in [6.07, 6.45) is 10.3. The summed E-state index contributed by atoms with van der Waals surface area (Å²) in [5.74, 6) is 1.32. The second kappa shape index (κ2) is 6.66. The average Bonchev–Trinajstić information content (AvgIpc) is 2.91. The molecule has 0 bridgehead atoms. The number of anilines is 1. The highest BCUT2D eigenvalue weighted by molar-refractivity contribution is 7.15. The lowest BCUT2D eigenvalue weighted by molar-refractivity contribution is -0.122. The number of hydrogen-bond donors (Lipinski definition) is 2. The van der Waals surface area contributed by atoms with E-state index in [4.69, 9.17) is 5.26 Å². The minimum absolute atomic E-state index is 0.0185. The summed E-state index contributed by atoms with van der Waals surface area (Å²) in [6, 6.07) is 0.167. The van der Waals surface area contributed by atoms with Gasteiger partial charge in [0.25, 0.3) is 0 Å². The van der Waals surface area contributed by atoms with Crippen LogP contribution in [0.3, 0.4) is 0 Å². The molecule has 2 aliphatic rings. The summed E-state index contributed by atoms with van der Waals surface area (Å²) in [6.45, 7) is 2.31. The first-order valence-electron chi connectivity index (χ1n) is 8.08. The Labute approximate surface area is 135 Å². The first kappa shape index (κ1) is 15.3. The maximum absolute atomic E-state index is 12.2. The molecule has 2 saturated carbocycles. The van der Waals surface area contributed by atoms with Crippen LogP contribution in [0, 0.1) is 23.3 Å². The number of nitrogens with one attached hydrogen (secondary N) is 2. The van der Waals surface area contributed by atoms with Gasteiger partial charge in [-0.25, -0.2) is 4.98 Å². The summed E-state index contributed by atoms with van der Waals surface area (Å²) in [4.78, 5) is 16.7. The van der Waals surface area contributed by atoms with E-state index in [1.165, 1.54) is 30.7 Å². The molecule has 0 saturated heterocycles. The first-order chi connectivity index (χ1) is 10.7. The number of thiazole rings is 1. The Bertz CT molecular complexity index is 573. The third-order valence-corrected chi connectivity index (χ3v) is 6.02. The fourth-order valence-corrected chi connectivity index (χ4v) is 4.55. The fraction of sp³-hybridized carbons (Fsp3) is 0.688. The van der Waals surface area contributed by atoms with Gasteiger partial charge in [0.05, 0.1) is 11.2 Å². The van der Waals surface area contributed by atoms with E-state index in [-0.39, 0.29) is 17.9 Å². The SMILES string of the molecule is C[C@H]1CCCC[C@H]1c1ncc(NC(=O)[C@H]2C[C@H](NC#N)C2)s1. The van der Waals surface area contributed by atoms with Crippen LogP contribution in [0.4, 0.5) is 5.00 Å². The molecule has 0 spiro atoms. The molecule has 2 fully saturated rings. The highest BCUT2D eigenvalue weighted by Crippen LogP contribution is 2.40. The van der Waals surface area contributed by atoms with Crippen molar-refractivity contribution in [2.24, 2.45) is 11.8 Å². The second-order valence-electron chi connectivity index (χ2n) is 6.54. The Morgan fingerprint density at radius 1 is 1.41 bits per heavy atom. The van der Waals surface area contributed by atoms with Crippen molar-refractivity contribution >= 4 is 22.2 Å². The third-order valence-electron chi connectivity index (χ3n) is 4.98. The smallest absolute Gasteiger partial charge is 0.228 e. The Balaban J connectivity index is 1.54. The van der Waals surface area contributed by atoms with Crippen LogP contribution < -0.4 is 10.6 Å². The number of hydrogen-bond acceptors (Lipinski definition) is 5. The van der Waals surface area contributed by atoms with Crippen molar-refractivity contribution in [1.29, 1.82) is 5.26 Å². The molecule has 0 aromatic carbocycles. The summed E-state index contributed by atoms with van der Waals surface area (Å²) < 4.78 is 0. The topological polar surface area (TPSA) is 77.8 Å². The highest BCUT2D eigenvalue weighted by atomic mass is 32.1. The molecule has 1 heterocycles. The lowest BCUT2D eigenvalue weighted by atomic mass is 9.80. The minimum Gasteiger partial charge on any atom is -0.321 e. The van der Waals surface area contributed by atoms with Gasteiger partial charge in [-0.1, -0.05) is 26.2 Å². The monoisotopic (exact) mass is 318 g/mol. The molecule has 3 rings (SSSR count). The summed E-state index contributed by atoms with van der Waals surface area (Å²) >= 11 is 1.62. The molecule has 2 atom stereocenters. The molecule has 0 radical (unpaired) electrons. The number of carbonyl (C=O) groups is 1. The van der Waals surface area contributed by atoms with Gasteiger partial charge < -0.3 is 10.6 Å². The highest BCUT2D eigenvalue weighted by Gasteiger charge is 2.34. The molecule has 1 aromatic rings. The standard InChI is InChI=1S/C16H22N4OS/c1-10-4-2-3-5-13(10)16-18-8-14(22-16)20-15(21)11-6-12(7-11)19-9-17/h8,10-13,19H,2-7H2,1H3,(H,20,21)/t10-,11-,12-,13+/m0/s1. The van der Waals surface area contributed by atoms with Crippen molar-refractivity contribution in [3.05, 3.63) is 11.2 Å². The molecule has 6 heteroatoms. The molecular weight excluding hydrogens is 296 g/mol. The minimum atomic E-state index is 0.0185. The van der Waals surface area contributed by atoms with E-state index in [9.17, 15) is 4.79 Å². The summed E-state index contributed by atoms with van der Waals surface area (Å²) in [7, 11) is 0. The van der Waals surface area contributed by atoms with Gasteiger partial charge in [0.1, 0.15) is 5.00 Å². The number of amides is 1. The van der Waals surface area contributed by atoms with Crippen molar-refractivity contribution in [2.75, 3.05) is 5.32 Å². The van der Waals surface area contributed by atoms with Gasteiger partial charge >= 0.3 is 0 Å². The van der Waals surface area contributed by atoms with E-state index in [0.29, 0.717) is 11.8 Å². The fourth-order valence-electron chi connectivity index (χ4n) is 3.46. The lowest BCUT2D eigenvalue weighted by Gasteiger charge is -2.32. The zero-order chi connectivity index (χ0) is 15.5. The van der Waals surface area contributed by atoms with E-state index < -0.39 is 0 Å². The maximum atomic E-state index is 12.2. The van der Waals surface area contributed by atoms with Gasteiger partial charge in [-0.3, -0.25) is 4.79 Å². The molecule has 2 aliphatic carbocycles. The van der Waals surface area contributed by atoms with E-state index in [0.717, 1.165) is 17.8 Å². The van der Waals surface area contributed by atoms with Gasteiger partial charge in [0, 0.05) is 17.9 Å².